The summed E-state index contributed by atoms with van der Waals surface area (Å²) in [5, 5.41) is 12.0. The van der Waals surface area contributed by atoms with Gasteiger partial charge in [-0.05, 0) is 50.9 Å². The molecule has 0 aliphatic carbocycles. The summed E-state index contributed by atoms with van der Waals surface area (Å²) in [6, 6.07) is 7.23. The van der Waals surface area contributed by atoms with Crippen LogP contribution in [0.25, 0.3) is 11.3 Å². The van der Waals surface area contributed by atoms with Crippen LogP contribution in [0.2, 0.25) is 0 Å². The summed E-state index contributed by atoms with van der Waals surface area (Å²) in [4.78, 5) is 2.40. The van der Waals surface area contributed by atoms with Crippen LogP contribution in [0, 0.1) is 6.92 Å². The molecule has 1 N–H and O–H groups in total. The van der Waals surface area contributed by atoms with E-state index in [0.717, 1.165) is 43.9 Å². The number of anilines is 1. The molecule has 4 rings (SSSR count). The van der Waals surface area contributed by atoms with Crippen LogP contribution in [0.5, 0.6) is 0 Å². The largest absolute Gasteiger partial charge is 0.376 e. The summed E-state index contributed by atoms with van der Waals surface area (Å²) in [6.45, 7) is 5.97. The number of nitrogens with zero attached hydrogens (tertiary/aromatic N) is 4. The number of ether oxygens (including phenoxy) is 1. The first-order valence-corrected chi connectivity index (χ1v) is 9.28. The van der Waals surface area contributed by atoms with Crippen molar-refractivity contribution in [3.05, 3.63) is 30.0 Å². The molecule has 2 saturated heterocycles. The third-order valence-corrected chi connectivity index (χ3v) is 5.34. The van der Waals surface area contributed by atoms with E-state index >= 15 is 0 Å². The number of aryl methyl sites for hydroxylation is 1. The molecule has 0 saturated carbocycles. The fourth-order valence-electron chi connectivity index (χ4n) is 3.67. The summed E-state index contributed by atoms with van der Waals surface area (Å²) >= 11 is 0. The van der Waals surface area contributed by atoms with E-state index in [1.54, 1.807) is 0 Å². The third-order valence-electron chi connectivity index (χ3n) is 5.34. The summed E-state index contributed by atoms with van der Waals surface area (Å²) in [5.41, 5.74) is 4.63. The van der Waals surface area contributed by atoms with Crippen molar-refractivity contribution in [3.8, 4) is 11.3 Å². The monoisotopic (exact) mass is 341 g/mol. The minimum Gasteiger partial charge on any atom is -0.376 e. The van der Waals surface area contributed by atoms with Gasteiger partial charge in [-0.15, -0.1) is 5.10 Å². The molecule has 2 aliphatic rings. The van der Waals surface area contributed by atoms with Crippen molar-refractivity contribution < 1.29 is 4.74 Å². The van der Waals surface area contributed by atoms with Crippen molar-refractivity contribution >= 4 is 5.69 Å². The van der Waals surface area contributed by atoms with E-state index < -0.39 is 0 Å². The minimum absolute atomic E-state index is 0.276. The SMILES string of the molecule is CNC1CN(c2ccc(-c3cn(C[C@H]4CCCCO4)nn3)c(C)c2)C1. The molecule has 0 unspecified atom stereocenters. The highest BCUT2D eigenvalue weighted by Gasteiger charge is 2.25. The van der Waals surface area contributed by atoms with Gasteiger partial charge in [0.05, 0.1) is 18.8 Å². The Balaban J connectivity index is 1.44. The predicted octanol–water partition coefficient (Wildman–Crippen LogP) is 2.23. The van der Waals surface area contributed by atoms with Crippen LogP contribution in [0.1, 0.15) is 24.8 Å². The lowest BCUT2D eigenvalue weighted by atomic mass is 10.0. The van der Waals surface area contributed by atoms with E-state index in [-0.39, 0.29) is 6.10 Å². The highest BCUT2D eigenvalue weighted by Crippen LogP contribution is 2.28. The number of benzene rings is 1. The molecule has 1 atom stereocenters. The molecule has 6 nitrogen and oxygen atoms in total. The molecule has 134 valence electrons. The Labute approximate surface area is 149 Å². The molecule has 0 bridgehead atoms. The third kappa shape index (κ3) is 3.55. The van der Waals surface area contributed by atoms with E-state index in [1.165, 1.54) is 24.1 Å². The molecule has 0 spiro atoms. The summed E-state index contributed by atoms with van der Waals surface area (Å²) in [5.74, 6) is 0. The minimum atomic E-state index is 0.276. The Morgan fingerprint density at radius 3 is 2.88 bits per heavy atom. The van der Waals surface area contributed by atoms with E-state index in [2.05, 4.69) is 45.7 Å². The molecule has 1 aromatic carbocycles. The van der Waals surface area contributed by atoms with Gasteiger partial charge in [0.2, 0.25) is 0 Å². The quantitative estimate of drug-likeness (QED) is 0.904. The second kappa shape index (κ2) is 7.14. The van der Waals surface area contributed by atoms with Crippen molar-refractivity contribution in [1.29, 1.82) is 0 Å². The van der Waals surface area contributed by atoms with E-state index in [1.807, 2.05) is 17.9 Å². The Morgan fingerprint density at radius 1 is 1.28 bits per heavy atom. The normalized spacial score (nSPS) is 21.4. The van der Waals surface area contributed by atoms with Crippen LogP contribution in [-0.2, 0) is 11.3 Å². The van der Waals surface area contributed by atoms with Crippen molar-refractivity contribution in [2.24, 2.45) is 0 Å². The van der Waals surface area contributed by atoms with Crippen LogP contribution in [0.3, 0.4) is 0 Å². The Bertz CT molecular complexity index is 716. The molecule has 2 aliphatic heterocycles. The Hall–Kier alpha value is -1.92. The topological polar surface area (TPSA) is 55.2 Å². The van der Waals surface area contributed by atoms with Crippen LogP contribution in [0.4, 0.5) is 5.69 Å². The molecular weight excluding hydrogens is 314 g/mol. The molecule has 0 radical (unpaired) electrons. The highest BCUT2D eigenvalue weighted by molar-refractivity contribution is 5.67. The zero-order valence-electron chi connectivity index (χ0n) is 15.1. The number of nitrogens with one attached hydrogen (secondary N) is 1. The standard InChI is InChI=1S/C19H27N5O/c1-14-9-16(23-10-15(11-23)20-2)6-7-18(14)19-13-24(22-21-19)12-17-5-3-4-8-25-17/h6-7,9,13,15,17,20H,3-5,8,10-12H2,1-2H3/t17-/m1/s1. The average Bonchev–Trinajstić information content (AvgIpc) is 3.03. The molecule has 2 aromatic rings. The number of likely N-dealkylation sites (N-methyl/N-ethyl adjacent to an activating group) is 1. The van der Waals surface area contributed by atoms with Crippen molar-refractivity contribution in [3.63, 3.8) is 0 Å². The maximum atomic E-state index is 5.80. The smallest absolute Gasteiger partial charge is 0.113 e. The van der Waals surface area contributed by atoms with Crippen LogP contribution < -0.4 is 10.2 Å². The lowest BCUT2D eigenvalue weighted by Crippen LogP contribution is -2.57. The molecule has 6 heteroatoms. The molecule has 2 fully saturated rings. The van der Waals surface area contributed by atoms with Gasteiger partial charge in [-0.1, -0.05) is 11.3 Å². The second-order valence-corrected chi connectivity index (χ2v) is 7.20. The number of hydrogen-bond donors (Lipinski definition) is 1. The molecule has 1 aromatic heterocycles. The maximum Gasteiger partial charge on any atom is 0.113 e. The lowest BCUT2D eigenvalue weighted by Gasteiger charge is -2.41. The molecule has 3 heterocycles. The molecule has 0 amide bonds. The fourth-order valence-corrected chi connectivity index (χ4v) is 3.67. The highest BCUT2D eigenvalue weighted by atomic mass is 16.5. The van der Waals surface area contributed by atoms with Gasteiger partial charge in [0.25, 0.3) is 0 Å². The van der Waals surface area contributed by atoms with Crippen LogP contribution in [0.15, 0.2) is 24.4 Å². The first kappa shape index (κ1) is 16.5. The van der Waals surface area contributed by atoms with Crippen LogP contribution in [-0.4, -0.2) is 53.9 Å². The van der Waals surface area contributed by atoms with Crippen molar-refractivity contribution in [2.45, 2.75) is 44.9 Å². The predicted molar refractivity (Wildman–Crippen MR) is 98.8 cm³/mol. The van der Waals surface area contributed by atoms with E-state index in [0.29, 0.717) is 6.04 Å². The Morgan fingerprint density at radius 2 is 2.16 bits per heavy atom. The lowest BCUT2D eigenvalue weighted by molar-refractivity contribution is 0.00370. The van der Waals surface area contributed by atoms with Gasteiger partial charge in [0, 0.05) is 37.0 Å². The first-order valence-electron chi connectivity index (χ1n) is 9.28. The van der Waals surface area contributed by atoms with Gasteiger partial charge in [-0.3, -0.25) is 0 Å². The number of rotatable bonds is 5. The van der Waals surface area contributed by atoms with Crippen molar-refractivity contribution in [2.75, 3.05) is 31.6 Å². The van der Waals surface area contributed by atoms with Gasteiger partial charge >= 0.3 is 0 Å². The molecular formula is C19H27N5O. The first-order chi connectivity index (χ1) is 12.2. The summed E-state index contributed by atoms with van der Waals surface area (Å²) in [6.07, 6.45) is 5.86. The fraction of sp³-hybridized carbons (Fsp3) is 0.579. The van der Waals surface area contributed by atoms with Gasteiger partial charge in [-0.25, -0.2) is 4.68 Å². The Kier molecular flexibility index (Phi) is 4.72. The second-order valence-electron chi connectivity index (χ2n) is 7.20. The zero-order chi connectivity index (χ0) is 17.2. The number of aromatic nitrogens is 3. The zero-order valence-corrected chi connectivity index (χ0v) is 15.1. The summed E-state index contributed by atoms with van der Waals surface area (Å²) < 4.78 is 7.72. The molecule has 25 heavy (non-hydrogen) atoms. The summed E-state index contributed by atoms with van der Waals surface area (Å²) in [7, 11) is 2.03. The average molecular weight is 341 g/mol. The van der Waals surface area contributed by atoms with Gasteiger partial charge in [0.15, 0.2) is 0 Å². The van der Waals surface area contributed by atoms with Gasteiger partial charge < -0.3 is 15.0 Å². The van der Waals surface area contributed by atoms with Crippen molar-refractivity contribution in [1.82, 2.24) is 20.3 Å². The van der Waals surface area contributed by atoms with Crippen LogP contribution >= 0.6 is 0 Å². The van der Waals surface area contributed by atoms with E-state index in [4.69, 9.17) is 4.74 Å². The van der Waals surface area contributed by atoms with Gasteiger partial charge in [-0.2, -0.15) is 0 Å². The number of hydrogen-bond acceptors (Lipinski definition) is 5. The van der Waals surface area contributed by atoms with E-state index in [9.17, 15) is 0 Å². The van der Waals surface area contributed by atoms with Gasteiger partial charge in [0.1, 0.15) is 5.69 Å². The maximum absolute atomic E-state index is 5.80.